The van der Waals surface area contributed by atoms with E-state index in [1.165, 1.54) is 19.1 Å². The van der Waals surface area contributed by atoms with Gasteiger partial charge in [0.05, 0.1) is 22.4 Å². The number of aromatic nitrogens is 1. The van der Waals surface area contributed by atoms with Gasteiger partial charge in [0.15, 0.2) is 11.4 Å². The summed E-state index contributed by atoms with van der Waals surface area (Å²) in [6.45, 7) is 3.10. The molecule has 1 aromatic carbocycles. The van der Waals surface area contributed by atoms with Crippen LogP contribution in [0.2, 0.25) is 0 Å². The van der Waals surface area contributed by atoms with Crippen molar-refractivity contribution in [2.24, 2.45) is 0 Å². The van der Waals surface area contributed by atoms with Crippen LogP contribution in [0.5, 0.6) is 11.8 Å². The van der Waals surface area contributed by atoms with Gasteiger partial charge in [0.2, 0.25) is 11.8 Å². The van der Waals surface area contributed by atoms with Crippen molar-refractivity contribution in [3.63, 3.8) is 0 Å². The highest BCUT2D eigenvalue weighted by Crippen LogP contribution is 2.62. The van der Waals surface area contributed by atoms with Crippen LogP contribution in [0, 0.1) is 0 Å². The molecule has 1 saturated heterocycles. The molecule has 25 heavy (non-hydrogen) atoms. The average molecular weight is 353 g/mol. The van der Waals surface area contributed by atoms with Gasteiger partial charge in [0.1, 0.15) is 5.60 Å². The topological polar surface area (TPSA) is 71.7 Å². The van der Waals surface area contributed by atoms with E-state index in [9.17, 15) is 28.2 Å². The number of ether oxygens (including phenoxy) is 1. The zero-order valence-corrected chi connectivity index (χ0v) is 13.3. The minimum Gasteiger partial charge on any atom is -0.494 e. The van der Waals surface area contributed by atoms with E-state index >= 15 is 0 Å². The summed E-state index contributed by atoms with van der Waals surface area (Å²) in [5.41, 5.74) is -3.15. The van der Waals surface area contributed by atoms with Gasteiger partial charge in [-0.1, -0.05) is 6.07 Å². The molecule has 3 heterocycles. The fourth-order valence-corrected chi connectivity index (χ4v) is 3.91. The molecule has 2 atom stereocenters. The average Bonchev–Trinajstić information content (AvgIpc) is 3.00. The fraction of sp³-hybridized carbons (Fsp3) is 0.353. The van der Waals surface area contributed by atoms with E-state index in [1.807, 2.05) is 0 Å². The number of hydrogen-bond acceptors (Lipinski definition) is 4. The van der Waals surface area contributed by atoms with E-state index in [2.05, 4.69) is 0 Å². The summed E-state index contributed by atoms with van der Waals surface area (Å²) in [4.78, 5) is 12.2. The van der Waals surface area contributed by atoms with Gasteiger partial charge in [-0.15, -0.1) is 0 Å². The summed E-state index contributed by atoms with van der Waals surface area (Å²) in [6.07, 6.45) is -4.54. The van der Waals surface area contributed by atoms with Crippen molar-refractivity contribution in [2.75, 3.05) is 0 Å². The summed E-state index contributed by atoms with van der Waals surface area (Å²) >= 11 is 0. The predicted octanol–water partition coefficient (Wildman–Crippen LogP) is 3.34. The third-order valence-electron chi connectivity index (χ3n) is 5.02. The summed E-state index contributed by atoms with van der Waals surface area (Å²) in [5.74, 6) is -1.17. The molecular weight excluding hydrogens is 339 g/mol. The Morgan fingerprint density at radius 1 is 1.16 bits per heavy atom. The molecule has 1 fully saturated rings. The van der Waals surface area contributed by atoms with Crippen molar-refractivity contribution in [3.05, 3.63) is 41.0 Å². The van der Waals surface area contributed by atoms with Crippen molar-refractivity contribution in [2.45, 2.75) is 37.6 Å². The standard InChI is InChI=1S/C17H14F3NO4/c1-15-7-10(22)16(2,25-15)12-11(15)13(23)21(14(12)24)9-5-3-4-8(6-9)17(18,19)20/h3-6,23-24H,7H2,1-2H3. The highest BCUT2D eigenvalue weighted by atomic mass is 19.4. The van der Waals surface area contributed by atoms with Crippen LogP contribution in [-0.4, -0.2) is 20.6 Å². The number of hydrogen-bond donors (Lipinski definition) is 2. The SMILES string of the molecule is CC12CC(=O)C(C)(O1)c1c2c(O)n(-c2cccc(C(F)(F)F)c2)c1O. The van der Waals surface area contributed by atoms with Crippen molar-refractivity contribution >= 4 is 5.78 Å². The molecule has 1 aromatic heterocycles. The van der Waals surface area contributed by atoms with E-state index in [0.717, 1.165) is 16.7 Å². The Morgan fingerprint density at radius 3 is 2.44 bits per heavy atom. The molecule has 0 saturated carbocycles. The third-order valence-corrected chi connectivity index (χ3v) is 5.02. The van der Waals surface area contributed by atoms with Crippen molar-refractivity contribution in [1.82, 2.24) is 4.57 Å². The smallest absolute Gasteiger partial charge is 0.416 e. The Bertz CT molecular complexity index is 933. The molecule has 5 nitrogen and oxygen atoms in total. The molecule has 0 spiro atoms. The monoisotopic (exact) mass is 353 g/mol. The quantitative estimate of drug-likeness (QED) is 0.825. The van der Waals surface area contributed by atoms with E-state index in [-0.39, 0.29) is 29.0 Å². The lowest BCUT2D eigenvalue weighted by Crippen LogP contribution is -2.28. The lowest BCUT2D eigenvalue weighted by Gasteiger charge is -2.20. The largest absolute Gasteiger partial charge is 0.494 e. The van der Waals surface area contributed by atoms with Crippen LogP contribution in [0.3, 0.4) is 0 Å². The molecular formula is C17H14F3NO4. The van der Waals surface area contributed by atoms with E-state index < -0.39 is 34.7 Å². The van der Waals surface area contributed by atoms with Gasteiger partial charge < -0.3 is 14.9 Å². The maximum Gasteiger partial charge on any atom is 0.416 e. The third kappa shape index (κ3) is 1.85. The fourth-order valence-electron chi connectivity index (χ4n) is 3.91. The molecule has 4 rings (SSSR count). The maximum absolute atomic E-state index is 13.0. The highest BCUT2D eigenvalue weighted by Gasteiger charge is 2.64. The molecule has 2 N–H and O–H groups in total. The summed E-state index contributed by atoms with van der Waals surface area (Å²) < 4.78 is 45.5. The van der Waals surface area contributed by atoms with Crippen LogP contribution >= 0.6 is 0 Å². The number of Topliss-reactive ketones (excluding diaryl/α,β-unsaturated/α-hetero) is 1. The minimum absolute atomic E-state index is 0.0239. The molecule has 2 unspecified atom stereocenters. The first kappa shape index (κ1) is 16.0. The molecule has 0 aliphatic carbocycles. The summed E-state index contributed by atoms with van der Waals surface area (Å²) in [7, 11) is 0. The Morgan fingerprint density at radius 2 is 1.80 bits per heavy atom. The predicted molar refractivity (Wildman–Crippen MR) is 79.5 cm³/mol. The molecule has 2 bridgehead atoms. The van der Waals surface area contributed by atoms with Gasteiger partial charge in [-0.05, 0) is 32.0 Å². The lowest BCUT2D eigenvalue weighted by atomic mass is 9.79. The molecule has 8 heteroatoms. The first-order valence-electron chi connectivity index (χ1n) is 7.58. The molecule has 2 aromatic rings. The number of carbonyl (C=O) groups excluding carboxylic acids is 1. The number of halogens is 3. The second-order valence-corrected chi connectivity index (χ2v) is 6.75. The zero-order chi connectivity index (χ0) is 18.4. The van der Waals surface area contributed by atoms with Gasteiger partial charge in [0.25, 0.3) is 0 Å². The number of carbonyl (C=O) groups is 1. The molecule has 0 radical (unpaired) electrons. The molecule has 132 valence electrons. The summed E-state index contributed by atoms with van der Waals surface area (Å²) in [5, 5.41) is 21.2. The number of benzene rings is 1. The Kier molecular flexibility index (Phi) is 2.80. The first-order valence-corrected chi connectivity index (χ1v) is 7.58. The number of fused-ring (bicyclic) bond motifs is 5. The lowest BCUT2D eigenvalue weighted by molar-refractivity contribution is -0.137. The van der Waals surface area contributed by atoms with E-state index in [1.54, 1.807) is 6.92 Å². The number of ketones is 1. The Balaban J connectivity index is 1.97. The number of nitrogens with zero attached hydrogens (tertiary/aromatic N) is 1. The number of aromatic hydroxyl groups is 2. The molecule has 0 amide bonds. The van der Waals surface area contributed by atoms with Crippen LogP contribution in [-0.2, 0) is 26.9 Å². The van der Waals surface area contributed by atoms with Gasteiger partial charge in [-0.25, -0.2) is 0 Å². The van der Waals surface area contributed by atoms with Crippen LogP contribution < -0.4 is 0 Å². The minimum atomic E-state index is -4.56. The summed E-state index contributed by atoms with van der Waals surface area (Å²) in [6, 6.07) is 4.23. The zero-order valence-electron chi connectivity index (χ0n) is 13.3. The van der Waals surface area contributed by atoms with Gasteiger partial charge >= 0.3 is 6.18 Å². The van der Waals surface area contributed by atoms with Crippen LogP contribution in [0.4, 0.5) is 13.2 Å². The van der Waals surface area contributed by atoms with Crippen LogP contribution in [0.15, 0.2) is 24.3 Å². The second kappa shape index (κ2) is 4.37. The molecule has 2 aliphatic heterocycles. The Labute approximate surface area is 140 Å². The van der Waals surface area contributed by atoms with Crippen LogP contribution in [0.25, 0.3) is 5.69 Å². The van der Waals surface area contributed by atoms with Crippen molar-refractivity contribution in [1.29, 1.82) is 0 Å². The van der Waals surface area contributed by atoms with Gasteiger partial charge in [-0.2, -0.15) is 13.2 Å². The highest BCUT2D eigenvalue weighted by molar-refractivity contribution is 5.95. The van der Waals surface area contributed by atoms with Crippen molar-refractivity contribution in [3.8, 4) is 17.4 Å². The van der Waals surface area contributed by atoms with Crippen molar-refractivity contribution < 1.29 is 32.9 Å². The first-order chi connectivity index (χ1) is 11.5. The van der Waals surface area contributed by atoms with E-state index in [0.29, 0.717) is 0 Å². The molecule has 2 aliphatic rings. The number of rotatable bonds is 1. The van der Waals surface area contributed by atoms with Gasteiger partial charge in [-0.3, -0.25) is 9.36 Å². The maximum atomic E-state index is 13.0. The normalized spacial score (nSPS) is 27.8. The van der Waals surface area contributed by atoms with Crippen LogP contribution in [0.1, 0.15) is 37.0 Å². The second-order valence-electron chi connectivity index (χ2n) is 6.75. The Hall–Kier alpha value is -2.48. The van der Waals surface area contributed by atoms with Gasteiger partial charge in [0, 0.05) is 6.42 Å². The number of alkyl halides is 3. The van der Waals surface area contributed by atoms with E-state index in [4.69, 9.17) is 4.74 Å².